The molecule has 8 aliphatic heterocycles. The van der Waals surface area contributed by atoms with Crippen LogP contribution in [0, 0.1) is 43.4 Å². The fourth-order valence-corrected chi connectivity index (χ4v) is 29.4. The van der Waals surface area contributed by atoms with Gasteiger partial charge < -0.3 is 86.5 Å². The van der Waals surface area contributed by atoms with E-state index in [1.54, 1.807) is 35.4 Å². The maximum Gasteiger partial charge on any atom is 0.261 e. The average Bonchev–Trinajstić information content (AvgIpc) is 1.54. The van der Waals surface area contributed by atoms with Gasteiger partial charge in [-0.2, -0.15) is 10.5 Å². The number of methoxy groups -OCH3 is 4. The molecule has 11 atom stereocenters. The van der Waals surface area contributed by atoms with Crippen molar-refractivity contribution in [2.45, 2.75) is 171 Å². The van der Waals surface area contributed by atoms with Crippen molar-refractivity contribution in [2.24, 2.45) is 0 Å². The lowest BCUT2D eigenvalue weighted by Gasteiger charge is -2.60. The molecule has 0 radical (unpaired) electrons. The second-order valence-electron chi connectivity index (χ2n) is 33.3. The first-order valence-corrected chi connectivity index (χ1v) is 43.6. The number of carbonyl (C=O) groups is 1. The Morgan fingerprint density at radius 3 is 1.42 bits per heavy atom. The summed E-state index contributed by atoms with van der Waals surface area (Å²) in [6.45, 7) is 22.8. The zero-order chi connectivity index (χ0) is 81.0. The van der Waals surface area contributed by atoms with Crippen molar-refractivity contribution in [3.8, 4) is 52.4 Å². The monoisotopic (exact) mass is 1600 g/mol. The Morgan fingerprint density at radius 2 is 0.974 bits per heavy atom. The van der Waals surface area contributed by atoms with E-state index in [0.717, 1.165) is 65.3 Å². The summed E-state index contributed by atoms with van der Waals surface area (Å²) in [4.78, 5) is 19.2. The fraction of sp³-hybridized carbons (Fsp3) is 0.456. The quantitative estimate of drug-likeness (QED) is 0.0249. The van der Waals surface area contributed by atoms with Crippen LogP contribution in [0.1, 0.15) is 123 Å². The number of fused-ring (bicyclic) bond motifs is 17. The molecule has 0 aromatic heterocycles. The number of phenolic OH excluding ortho intramolecular Hbond substituents is 1. The maximum atomic E-state index is 14.7. The van der Waals surface area contributed by atoms with Crippen LogP contribution in [0.4, 0.5) is 0 Å². The van der Waals surface area contributed by atoms with Gasteiger partial charge in [0.1, 0.15) is 17.8 Å². The zero-order valence-electron chi connectivity index (χ0n) is 68.2. The molecule has 4 bridgehead atoms. The minimum Gasteiger partial charge on any atom is -0.507 e. The number of ether oxygens (including phenoxy) is 12. The fourth-order valence-electron chi connectivity index (χ4n) is 20.2. The van der Waals surface area contributed by atoms with Gasteiger partial charge >= 0.3 is 0 Å². The molecule has 7 aromatic carbocycles. The van der Waals surface area contributed by atoms with Crippen LogP contribution in [0.5, 0.6) is 40.2 Å². The SMILES string of the molecule is COCCOCOc1c(OC)c(C)cc2c1[C@H]1N[C@@H](C2)[C@H](C#N)N2C1CC1(O)C(=O)C(C)=C3OCOC3=C1[C@@H]2CO[Si](c1ccccc1)(c1ccccc1)C(C)(C)C.COCCOCOc1c(OC)c(C)cc2c1[C@H]1N[C@@H](C2)[C@H](C#N)N2C1Cc1c(O)c(C)c3c(c1[C@@H]2CO[Si](c1ccccc1)(c1ccccc1)C(C)(C)C)OCO3. The molecule has 606 valence electrons. The Balaban J connectivity index is 0.000000181. The lowest BCUT2D eigenvalue weighted by atomic mass is 9.65. The van der Waals surface area contributed by atoms with Crippen molar-refractivity contribution in [1.82, 2.24) is 20.4 Å². The van der Waals surface area contributed by atoms with Crippen molar-refractivity contribution in [1.29, 1.82) is 10.5 Å². The first kappa shape index (κ1) is 81.0. The van der Waals surface area contributed by atoms with Crippen LogP contribution in [0.25, 0.3) is 0 Å². The Hall–Kier alpha value is -9.14. The molecule has 4 fully saturated rings. The molecule has 4 N–H and O–H groups in total. The van der Waals surface area contributed by atoms with E-state index < -0.39 is 64.3 Å². The van der Waals surface area contributed by atoms with Crippen LogP contribution >= 0.6 is 0 Å². The predicted octanol–water partition coefficient (Wildman–Crippen LogP) is 10.1. The van der Waals surface area contributed by atoms with Crippen LogP contribution < -0.4 is 59.8 Å². The Kier molecular flexibility index (Phi) is 23.1. The lowest BCUT2D eigenvalue weighted by molar-refractivity contribution is -0.142. The van der Waals surface area contributed by atoms with Crippen LogP contribution in [-0.2, 0) is 61.3 Å². The number of nitriles is 2. The molecule has 3 unspecified atom stereocenters. The van der Waals surface area contributed by atoms with Crippen molar-refractivity contribution < 1.29 is 80.7 Å². The van der Waals surface area contributed by atoms with Gasteiger partial charge in [-0.05, 0) is 100 Å². The molecule has 8 heterocycles. The topological polar surface area (TPSA) is 265 Å². The number of benzene rings is 7. The number of Topliss-reactive ketones (excluding diaryl/α,β-unsaturated/α-hetero) is 1. The van der Waals surface area contributed by atoms with E-state index in [4.69, 9.17) is 65.7 Å². The number of ketones is 1. The van der Waals surface area contributed by atoms with Gasteiger partial charge in [0, 0.05) is 83.8 Å². The van der Waals surface area contributed by atoms with Crippen molar-refractivity contribution in [3.05, 3.63) is 206 Å². The molecule has 0 saturated carbocycles. The number of hydrogen-bond donors (Lipinski definition) is 4. The first-order valence-electron chi connectivity index (χ1n) is 39.7. The number of nitrogens with zero attached hydrogens (tertiary/aromatic N) is 4. The van der Waals surface area contributed by atoms with E-state index in [1.807, 2.05) is 69.3 Å². The Labute approximate surface area is 676 Å². The Morgan fingerprint density at radius 1 is 0.548 bits per heavy atom. The van der Waals surface area contributed by atoms with E-state index in [1.165, 1.54) is 0 Å². The number of aromatic hydroxyl groups is 1. The van der Waals surface area contributed by atoms with Crippen LogP contribution in [0.3, 0.4) is 0 Å². The van der Waals surface area contributed by atoms with Gasteiger partial charge in [-0.1, -0.05) is 175 Å². The Bertz CT molecular complexity index is 4850. The van der Waals surface area contributed by atoms with E-state index in [0.29, 0.717) is 108 Å². The van der Waals surface area contributed by atoms with E-state index >= 15 is 0 Å². The third kappa shape index (κ3) is 13.8. The number of carbonyl (C=O) groups excluding carboxylic acids is 1. The molecule has 23 nitrogen and oxygen atoms in total. The highest BCUT2D eigenvalue weighted by Gasteiger charge is 2.65. The van der Waals surface area contributed by atoms with Gasteiger partial charge in [0.15, 0.2) is 71.0 Å². The van der Waals surface area contributed by atoms with Gasteiger partial charge in [0.25, 0.3) is 16.6 Å². The number of hydrogen-bond acceptors (Lipinski definition) is 23. The van der Waals surface area contributed by atoms with Gasteiger partial charge in [0.05, 0.1) is 90.2 Å². The van der Waals surface area contributed by atoms with Gasteiger partial charge in [0.2, 0.25) is 13.6 Å². The highest BCUT2D eigenvalue weighted by molar-refractivity contribution is 7.00. The summed E-state index contributed by atoms with van der Waals surface area (Å²) in [5.41, 5.74) is 6.71. The zero-order valence-corrected chi connectivity index (χ0v) is 70.2. The lowest BCUT2D eigenvalue weighted by Crippen LogP contribution is -2.75. The number of piperazine rings is 2. The van der Waals surface area contributed by atoms with Crippen LogP contribution in [0.2, 0.25) is 10.1 Å². The summed E-state index contributed by atoms with van der Waals surface area (Å²) in [5.74, 6) is 3.93. The van der Waals surface area contributed by atoms with Crippen molar-refractivity contribution in [2.75, 3.05) is 95.3 Å². The average molecular weight is 1600 g/mol. The molecular formula is C90H106N6O17Si2. The second-order valence-corrected chi connectivity index (χ2v) is 41.9. The third-order valence-corrected chi connectivity index (χ3v) is 35.0. The molecule has 1 aliphatic carbocycles. The molecule has 9 aliphatic rings. The summed E-state index contributed by atoms with van der Waals surface area (Å²) >= 11 is 0. The van der Waals surface area contributed by atoms with Gasteiger partial charge in [-0.3, -0.25) is 14.6 Å². The van der Waals surface area contributed by atoms with E-state index in [-0.39, 0.29) is 86.8 Å². The number of aliphatic hydroxyl groups is 1. The van der Waals surface area contributed by atoms with E-state index in [9.17, 15) is 25.5 Å². The smallest absolute Gasteiger partial charge is 0.261 e. The van der Waals surface area contributed by atoms with Crippen LogP contribution in [-0.4, -0.2) is 186 Å². The number of nitrogens with one attached hydrogen (secondary N) is 2. The molecule has 25 heteroatoms. The largest absolute Gasteiger partial charge is 0.507 e. The molecule has 0 amide bonds. The standard InChI is InChI=1S/C45H53N3O9Si.C45H53N3O8Si/c1-27-20-29-21-32-34(23-46)48-33(38(47-32)36(29)41(39(27)52-7)54-25-53-19-18-51-6)22-45(50)37(42-40(55-26-56-42)28(2)43(45)49)35(48)24-57-58(44(3,4)5,30-14-10-8-11-15-30)31-16-12-9-13-17-31;1-27-20-29-21-33-35(23-46)48-34(39(47-33)37(29)43(41(27)51-7)53-25-52-19-18-50-6)22-32-38(44-42(54-26-55-44)28(2)40(32)49)36(48)24-56-57(45(3,4)5,30-14-10-8-11-15-30)31-16-12-9-13-17-31/h8-17,20,32-35,38,47,50H,18-19,21-22,24-26H2,1-7H3;8-17,20,33-36,39,47,49H,18-19,21-22,24-26H2,1-7H3/t32-,33?,34-,35-,38-,45?;33-,34?,35-,36-,39-/m00/s1. The molecule has 7 aromatic rings. The van der Waals surface area contributed by atoms with Gasteiger partial charge in [-0.25, -0.2) is 0 Å². The normalized spacial score (nSPS) is 24.4. The summed E-state index contributed by atoms with van der Waals surface area (Å²) in [6.07, 6.45) is 1.55. The molecule has 0 spiro atoms. The molecule has 4 saturated heterocycles. The molecular weight excluding hydrogens is 1490 g/mol. The number of piperidine rings is 1. The number of rotatable bonds is 24. The van der Waals surface area contributed by atoms with Crippen LogP contribution in [0.15, 0.2) is 156 Å². The summed E-state index contributed by atoms with van der Waals surface area (Å²) in [6, 6.07) is 46.9. The van der Waals surface area contributed by atoms with E-state index in [2.05, 4.69) is 159 Å². The number of aryl methyl sites for hydroxylation is 2. The third-order valence-electron chi connectivity index (χ3n) is 25.0. The highest BCUT2D eigenvalue weighted by atomic mass is 28.4. The molecule has 16 rings (SSSR count). The minimum atomic E-state index is -3.16. The first-order chi connectivity index (χ1) is 55.5. The maximum absolute atomic E-state index is 14.7. The van der Waals surface area contributed by atoms with Crippen molar-refractivity contribution in [3.63, 3.8) is 0 Å². The number of phenols is 1. The second kappa shape index (κ2) is 32.7. The molecule has 115 heavy (non-hydrogen) atoms. The summed E-state index contributed by atoms with van der Waals surface area (Å²) in [7, 11) is 0.307. The highest BCUT2D eigenvalue weighted by Crippen LogP contribution is 2.59. The summed E-state index contributed by atoms with van der Waals surface area (Å²) in [5, 5.41) is 59.1. The summed E-state index contributed by atoms with van der Waals surface area (Å²) < 4.78 is 86.6. The van der Waals surface area contributed by atoms with Crippen molar-refractivity contribution >= 4 is 43.2 Å². The minimum absolute atomic E-state index is 0.0161. The predicted molar refractivity (Wildman–Crippen MR) is 437 cm³/mol. The van der Waals surface area contributed by atoms with Gasteiger partial charge in [-0.15, -0.1) is 0 Å².